The van der Waals surface area contributed by atoms with Crippen molar-refractivity contribution in [2.45, 2.75) is 45.6 Å². The number of aryl methyl sites for hydroxylation is 3. The first-order valence-electron chi connectivity index (χ1n) is 9.06. The number of anilines is 1. The lowest BCUT2D eigenvalue weighted by Gasteiger charge is -2.36. The van der Waals surface area contributed by atoms with Gasteiger partial charge in [0.1, 0.15) is 16.5 Å². The number of thiophene rings is 1. The van der Waals surface area contributed by atoms with Crippen LogP contribution in [-0.4, -0.2) is 58.8 Å². The average molecular weight is 347 g/mol. The van der Waals surface area contributed by atoms with Gasteiger partial charge in [0, 0.05) is 37.6 Å². The summed E-state index contributed by atoms with van der Waals surface area (Å²) in [4.78, 5) is 17.1. The zero-order valence-corrected chi connectivity index (χ0v) is 15.4. The molecule has 0 radical (unpaired) electrons. The largest absolute Gasteiger partial charge is 0.392 e. The minimum atomic E-state index is -0.256. The highest BCUT2D eigenvalue weighted by atomic mass is 32.1. The molecule has 6 heteroatoms. The van der Waals surface area contributed by atoms with Crippen LogP contribution in [0.3, 0.4) is 0 Å². The molecule has 0 aromatic carbocycles. The molecule has 1 aliphatic carbocycles. The molecule has 1 atom stereocenters. The van der Waals surface area contributed by atoms with Crippen LogP contribution in [0.1, 0.15) is 36.0 Å². The van der Waals surface area contributed by atoms with E-state index in [0.717, 1.165) is 44.4 Å². The quantitative estimate of drug-likeness (QED) is 0.925. The van der Waals surface area contributed by atoms with Crippen LogP contribution in [0, 0.1) is 6.92 Å². The molecular formula is C18H26N4OS. The van der Waals surface area contributed by atoms with Gasteiger partial charge in [-0.25, -0.2) is 9.97 Å². The first-order chi connectivity index (χ1) is 11.6. The zero-order chi connectivity index (χ0) is 16.7. The monoisotopic (exact) mass is 346 g/mol. The summed E-state index contributed by atoms with van der Waals surface area (Å²) in [5.74, 6) is 2.02. The molecule has 1 aliphatic heterocycles. The van der Waals surface area contributed by atoms with Crippen LogP contribution >= 0.6 is 11.3 Å². The van der Waals surface area contributed by atoms with Crippen LogP contribution in [0.2, 0.25) is 0 Å². The molecule has 0 spiro atoms. The Morgan fingerprint density at radius 2 is 1.88 bits per heavy atom. The van der Waals surface area contributed by atoms with Crippen molar-refractivity contribution in [1.29, 1.82) is 0 Å². The third-order valence-corrected chi connectivity index (χ3v) is 6.29. The Morgan fingerprint density at radius 3 is 2.62 bits per heavy atom. The van der Waals surface area contributed by atoms with Crippen LogP contribution in [0.5, 0.6) is 0 Å². The van der Waals surface area contributed by atoms with Crippen LogP contribution in [0.15, 0.2) is 0 Å². The van der Waals surface area contributed by atoms with E-state index in [4.69, 9.17) is 9.97 Å². The number of aromatic nitrogens is 2. The van der Waals surface area contributed by atoms with Crippen molar-refractivity contribution in [3.8, 4) is 0 Å². The molecule has 2 aromatic rings. The fraction of sp³-hybridized carbons (Fsp3) is 0.667. The van der Waals surface area contributed by atoms with Crippen molar-refractivity contribution in [2.24, 2.45) is 0 Å². The van der Waals surface area contributed by atoms with E-state index < -0.39 is 0 Å². The lowest BCUT2D eigenvalue weighted by Crippen LogP contribution is -2.48. The molecule has 0 bridgehead atoms. The number of nitrogens with zero attached hydrogens (tertiary/aromatic N) is 4. The molecule has 130 valence electrons. The highest BCUT2D eigenvalue weighted by Crippen LogP contribution is 2.39. The number of hydrogen-bond donors (Lipinski definition) is 1. The fourth-order valence-electron chi connectivity index (χ4n) is 3.99. The highest BCUT2D eigenvalue weighted by Gasteiger charge is 2.25. The Bertz CT molecular complexity index is 734. The number of β-amino-alcohol motifs (C(OH)–C–C–N with tert-alkyl or cyclic N) is 1. The molecule has 2 aromatic heterocycles. The molecule has 0 saturated carbocycles. The summed E-state index contributed by atoms with van der Waals surface area (Å²) in [5, 5.41) is 10.9. The van der Waals surface area contributed by atoms with Gasteiger partial charge < -0.3 is 10.0 Å². The maximum Gasteiger partial charge on any atom is 0.141 e. The van der Waals surface area contributed by atoms with Gasteiger partial charge in [-0.3, -0.25) is 4.90 Å². The number of aliphatic hydroxyl groups is 1. The molecule has 1 N–H and O–H groups in total. The van der Waals surface area contributed by atoms with Crippen molar-refractivity contribution in [3.05, 3.63) is 16.3 Å². The SMILES string of the molecule is Cc1nc(N2CCN(C[C@@H](C)O)CC2)c2c3c(sc2n1)CCCC3. The van der Waals surface area contributed by atoms with Crippen LogP contribution in [0.25, 0.3) is 10.2 Å². The number of piperazine rings is 1. The Morgan fingerprint density at radius 1 is 1.12 bits per heavy atom. The van der Waals surface area contributed by atoms with E-state index in [0.29, 0.717) is 0 Å². The molecule has 1 saturated heterocycles. The normalized spacial score (nSPS) is 20.4. The van der Waals surface area contributed by atoms with Crippen LogP contribution < -0.4 is 4.90 Å². The van der Waals surface area contributed by atoms with E-state index in [1.165, 1.54) is 46.3 Å². The topological polar surface area (TPSA) is 52.5 Å². The summed E-state index contributed by atoms with van der Waals surface area (Å²) >= 11 is 1.88. The van der Waals surface area contributed by atoms with Gasteiger partial charge in [-0.05, 0) is 45.1 Å². The van der Waals surface area contributed by atoms with Gasteiger partial charge in [0.2, 0.25) is 0 Å². The lowest BCUT2D eigenvalue weighted by atomic mass is 9.97. The van der Waals surface area contributed by atoms with Crippen molar-refractivity contribution in [1.82, 2.24) is 14.9 Å². The maximum atomic E-state index is 9.60. The van der Waals surface area contributed by atoms with Gasteiger partial charge in [-0.1, -0.05) is 0 Å². The first kappa shape index (κ1) is 16.2. The predicted molar refractivity (Wildman–Crippen MR) is 99.1 cm³/mol. The van der Waals surface area contributed by atoms with Crippen molar-refractivity contribution in [2.75, 3.05) is 37.6 Å². The van der Waals surface area contributed by atoms with Gasteiger partial charge in [0.05, 0.1) is 11.5 Å². The lowest BCUT2D eigenvalue weighted by molar-refractivity contribution is 0.122. The minimum absolute atomic E-state index is 0.256. The van der Waals surface area contributed by atoms with Gasteiger partial charge in [0.25, 0.3) is 0 Å². The zero-order valence-electron chi connectivity index (χ0n) is 14.6. The second kappa shape index (κ2) is 6.58. The molecule has 0 amide bonds. The van der Waals surface area contributed by atoms with Crippen molar-refractivity contribution >= 4 is 27.4 Å². The van der Waals surface area contributed by atoms with Gasteiger partial charge in [0.15, 0.2) is 0 Å². The average Bonchev–Trinajstić information content (AvgIpc) is 2.92. The molecule has 24 heavy (non-hydrogen) atoms. The van der Waals surface area contributed by atoms with Gasteiger partial charge in [-0.15, -0.1) is 11.3 Å². The summed E-state index contributed by atoms with van der Waals surface area (Å²) in [6.07, 6.45) is 4.72. The molecular weight excluding hydrogens is 320 g/mol. The third kappa shape index (κ3) is 3.03. The molecule has 2 aliphatic rings. The fourth-order valence-corrected chi connectivity index (χ4v) is 5.29. The second-order valence-electron chi connectivity index (χ2n) is 7.12. The molecule has 4 rings (SSSR count). The van der Waals surface area contributed by atoms with E-state index in [2.05, 4.69) is 9.80 Å². The predicted octanol–water partition coefficient (Wildman–Crippen LogP) is 2.38. The summed E-state index contributed by atoms with van der Waals surface area (Å²) in [6, 6.07) is 0. The summed E-state index contributed by atoms with van der Waals surface area (Å²) < 4.78 is 0. The van der Waals surface area contributed by atoms with Gasteiger partial charge in [-0.2, -0.15) is 0 Å². The van der Waals surface area contributed by atoms with Gasteiger partial charge >= 0.3 is 0 Å². The van der Waals surface area contributed by atoms with Crippen LogP contribution in [-0.2, 0) is 12.8 Å². The van der Waals surface area contributed by atoms with E-state index >= 15 is 0 Å². The summed E-state index contributed by atoms with van der Waals surface area (Å²) in [7, 11) is 0. The van der Waals surface area contributed by atoms with E-state index in [1.807, 2.05) is 25.2 Å². The number of hydrogen-bond acceptors (Lipinski definition) is 6. The van der Waals surface area contributed by atoms with E-state index in [9.17, 15) is 5.11 Å². The second-order valence-corrected chi connectivity index (χ2v) is 8.21. The van der Waals surface area contributed by atoms with E-state index in [1.54, 1.807) is 0 Å². The number of fused-ring (bicyclic) bond motifs is 3. The summed E-state index contributed by atoms with van der Waals surface area (Å²) in [5.41, 5.74) is 1.52. The number of rotatable bonds is 3. The molecule has 1 fully saturated rings. The molecule has 0 unspecified atom stereocenters. The summed E-state index contributed by atoms with van der Waals surface area (Å²) in [6.45, 7) is 8.56. The van der Waals surface area contributed by atoms with Crippen LogP contribution in [0.4, 0.5) is 5.82 Å². The Kier molecular flexibility index (Phi) is 4.45. The maximum absolute atomic E-state index is 9.60. The highest BCUT2D eigenvalue weighted by molar-refractivity contribution is 7.19. The Labute approximate surface area is 147 Å². The number of aliphatic hydroxyl groups excluding tert-OH is 1. The minimum Gasteiger partial charge on any atom is -0.392 e. The van der Waals surface area contributed by atoms with E-state index in [-0.39, 0.29) is 6.10 Å². The standard InChI is InChI=1S/C18H26N4OS/c1-12(23)11-21-7-9-22(10-8-21)17-16-14-5-3-4-6-15(14)24-18(16)20-13(2)19-17/h12,23H,3-11H2,1-2H3/t12-/m1/s1. The Hall–Kier alpha value is -1.24. The molecule has 5 nitrogen and oxygen atoms in total. The first-order valence-corrected chi connectivity index (χ1v) is 9.87. The smallest absolute Gasteiger partial charge is 0.141 e. The Balaban J connectivity index is 1.65. The third-order valence-electron chi connectivity index (χ3n) is 5.10. The van der Waals surface area contributed by atoms with Crippen molar-refractivity contribution < 1.29 is 5.11 Å². The van der Waals surface area contributed by atoms with Crippen molar-refractivity contribution in [3.63, 3.8) is 0 Å². The molecule has 3 heterocycles.